The Kier molecular flexibility index (Phi) is 20.4. The summed E-state index contributed by atoms with van der Waals surface area (Å²) in [6.07, 6.45) is 37.5. The molecule has 2 aromatic carbocycles. The summed E-state index contributed by atoms with van der Waals surface area (Å²) >= 11 is 0. The number of rotatable bonds is 14. The van der Waals surface area contributed by atoms with Crippen molar-refractivity contribution in [3.63, 3.8) is 0 Å². The van der Waals surface area contributed by atoms with E-state index in [1.165, 1.54) is 33.2 Å². The van der Waals surface area contributed by atoms with Gasteiger partial charge in [0.15, 0.2) is 0 Å². The zero-order chi connectivity index (χ0) is 35.0. The van der Waals surface area contributed by atoms with E-state index in [0.29, 0.717) is 0 Å². The minimum atomic E-state index is 0.775. The van der Waals surface area contributed by atoms with Crippen molar-refractivity contribution in [1.29, 1.82) is 0 Å². The Hall–Kier alpha value is -4.56. The lowest BCUT2D eigenvalue weighted by molar-refractivity contribution is 0.585. The zero-order valence-electron chi connectivity index (χ0n) is 30.8. The van der Waals surface area contributed by atoms with E-state index in [2.05, 4.69) is 160 Å². The zero-order valence-corrected chi connectivity index (χ0v) is 30.8. The molecule has 0 atom stereocenters. The van der Waals surface area contributed by atoms with Gasteiger partial charge in [0.05, 0.1) is 5.69 Å². The highest BCUT2D eigenvalue weighted by atomic mass is 15.1. The van der Waals surface area contributed by atoms with E-state index in [-0.39, 0.29) is 0 Å². The number of hydrogen-bond acceptors (Lipinski definition) is 2. The summed E-state index contributed by atoms with van der Waals surface area (Å²) in [5.41, 5.74) is 8.40. The summed E-state index contributed by atoms with van der Waals surface area (Å²) in [5.74, 6) is 0. The highest BCUT2D eigenvalue weighted by Crippen LogP contribution is 2.39. The molecule has 0 spiro atoms. The van der Waals surface area contributed by atoms with E-state index in [1.807, 2.05) is 52.8 Å². The molecule has 0 saturated carbocycles. The average Bonchev–Trinajstić information content (AvgIpc) is 3.33. The highest BCUT2D eigenvalue weighted by Gasteiger charge is 2.20. The Morgan fingerprint density at radius 3 is 2.32 bits per heavy atom. The fraction of sp³-hybridized carbons (Fsp3) is 0.289. The van der Waals surface area contributed by atoms with Gasteiger partial charge in [-0.2, -0.15) is 0 Å². The minimum absolute atomic E-state index is 0.775. The van der Waals surface area contributed by atoms with Crippen LogP contribution in [0.1, 0.15) is 85.8 Å². The second kappa shape index (κ2) is 23.7. The number of benzene rings is 2. The minimum Gasteiger partial charge on any atom is -0.348 e. The monoisotopic (exact) mass is 628 g/mol. The standard InChI is InChI=1S/C41H48N2.2C2H6/c1-8-12-14-15-22-33(5)23-16-17-24-34(6)42(7)40-28-19-18-25-35-30-31-37-38(41(35)40)27-20-29-39(37)43(32-11-4)36(21-10-3)26-13-9-2;2*1-2/h8-9,11-21,23,26-32H,2,6,10,22,24-25H2,1,3-5,7H3;2*1-2H3/b12-8-,15-14-,17-16?,26-13-,32-11-,33-23-,36-21+;;. The molecule has 47 heavy (non-hydrogen) atoms. The largest absolute Gasteiger partial charge is 0.348 e. The Bertz CT molecular complexity index is 1550. The summed E-state index contributed by atoms with van der Waals surface area (Å²) in [6.45, 7) is 24.8. The lowest BCUT2D eigenvalue weighted by atomic mass is 9.93. The number of hydrogen-bond donors (Lipinski definition) is 0. The third kappa shape index (κ3) is 12.3. The molecule has 0 radical (unpaired) electrons. The van der Waals surface area contributed by atoms with Crippen molar-refractivity contribution in [2.24, 2.45) is 0 Å². The Balaban J connectivity index is 0.00000265. The second-order valence-corrected chi connectivity index (χ2v) is 10.6. The molecule has 0 bridgehead atoms. The van der Waals surface area contributed by atoms with Gasteiger partial charge in [0.1, 0.15) is 0 Å². The van der Waals surface area contributed by atoms with Gasteiger partial charge in [-0.25, -0.2) is 0 Å². The summed E-state index contributed by atoms with van der Waals surface area (Å²) in [4.78, 5) is 4.52. The predicted octanol–water partition coefficient (Wildman–Crippen LogP) is 13.6. The Morgan fingerprint density at radius 2 is 1.64 bits per heavy atom. The first kappa shape index (κ1) is 40.5. The molecule has 3 rings (SSSR count). The third-order valence-corrected chi connectivity index (χ3v) is 7.35. The average molecular weight is 629 g/mol. The van der Waals surface area contributed by atoms with Crippen molar-refractivity contribution in [3.8, 4) is 0 Å². The van der Waals surface area contributed by atoms with Gasteiger partial charge >= 0.3 is 0 Å². The van der Waals surface area contributed by atoms with Gasteiger partial charge in [-0.15, -0.1) is 0 Å². The maximum atomic E-state index is 4.47. The molecule has 250 valence electrons. The number of anilines is 1. The van der Waals surface area contributed by atoms with E-state index in [0.717, 1.165) is 42.8 Å². The van der Waals surface area contributed by atoms with E-state index in [1.54, 1.807) is 0 Å². The fourth-order valence-electron chi connectivity index (χ4n) is 5.12. The fourth-order valence-corrected chi connectivity index (χ4v) is 5.12. The van der Waals surface area contributed by atoms with E-state index in [4.69, 9.17) is 0 Å². The van der Waals surface area contributed by atoms with Gasteiger partial charge in [-0.1, -0.05) is 157 Å². The van der Waals surface area contributed by atoms with Gasteiger partial charge in [0.2, 0.25) is 0 Å². The summed E-state index contributed by atoms with van der Waals surface area (Å²) in [5, 5.41) is 2.45. The van der Waals surface area contributed by atoms with Crippen LogP contribution < -0.4 is 4.90 Å². The molecule has 0 heterocycles. The molecular formula is C45H60N2. The van der Waals surface area contributed by atoms with Crippen LogP contribution >= 0.6 is 0 Å². The maximum absolute atomic E-state index is 4.47. The maximum Gasteiger partial charge on any atom is 0.0533 e. The predicted molar refractivity (Wildman–Crippen MR) is 215 cm³/mol. The van der Waals surface area contributed by atoms with Crippen LogP contribution in [-0.2, 0) is 6.42 Å². The lowest BCUT2D eigenvalue weighted by Crippen LogP contribution is -2.17. The molecule has 0 amide bonds. The Labute approximate surface area is 288 Å². The normalized spacial score (nSPS) is 13.4. The van der Waals surface area contributed by atoms with Crippen LogP contribution in [0.3, 0.4) is 0 Å². The van der Waals surface area contributed by atoms with Crippen LogP contribution in [0.25, 0.3) is 16.5 Å². The van der Waals surface area contributed by atoms with Crippen LogP contribution in [0.5, 0.6) is 0 Å². The first-order chi connectivity index (χ1) is 23.0. The molecule has 1 aliphatic rings. The van der Waals surface area contributed by atoms with Crippen molar-refractivity contribution < 1.29 is 0 Å². The molecular weight excluding hydrogens is 569 g/mol. The summed E-state index contributed by atoms with van der Waals surface area (Å²) < 4.78 is 0. The molecule has 0 saturated heterocycles. The van der Waals surface area contributed by atoms with E-state index >= 15 is 0 Å². The quantitative estimate of drug-likeness (QED) is 0.192. The van der Waals surface area contributed by atoms with Crippen molar-refractivity contribution >= 4 is 22.2 Å². The van der Waals surface area contributed by atoms with E-state index in [9.17, 15) is 0 Å². The van der Waals surface area contributed by atoms with Gasteiger partial charge in [0.25, 0.3) is 0 Å². The number of allylic oxidation sites excluding steroid dienone is 16. The van der Waals surface area contributed by atoms with Crippen molar-refractivity contribution in [3.05, 3.63) is 169 Å². The molecule has 2 aromatic rings. The van der Waals surface area contributed by atoms with Gasteiger partial charge < -0.3 is 9.80 Å². The molecule has 0 aliphatic heterocycles. The van der Waals surface area contributed by atoms with Crippen LogP contribution in [0, 0.1) is 0 Å². The van der Waals surface area contributed by atoms with Gasteiger partial charge in [-0.05, 0) is 69.2 Å². The van der Waals surface area contributed by atoms with Gasteiger partial charge in [-0.3, -0.25) is 0 Å². The van der Waals surface area contributed by atoms with E-state index < -0.39 is 0 Å². The molecule has 0 unspecified atom stereocenters. The van der Waals surface area contributed by atoms with Crippen LogP contribution in [0.4, 0.5) is 5.69 Å². The third-order valence-electron chi connectivity index (χ3n) is 7.35. The summed E-state index contributed by atoms with van der Waals surface area (Å²) in [7, 11) is 2.13. The SMILES string of the molecule is C=C/C=C\C(=C/CC)N(/C=C\C)c1cccc2c3c(ccc12)CC=CC=C3N(C)C(=C)CC=C/C=C(/C)C/C=C\C=C/C.CC.CC. The van der Waals surface area contributed by atoms with Gasteiger partial charge in [0, 0.05) is 47.7 Å². The smallest absolute Gasteiger partial charge is 0.0533 e. The lowest BCUT2D eigenvalue weighted by Gasteiger charge is -2.28. The Morgan fingerprint density at radius 1 is 0.894 bits per heavy atom. The van der Waals surface area contributed by atoms with Crippen molar-refractivity contribution in [2.45, 2.75) is 81.1 Å². The topological polar surface area (TPSA) is 6.48 Å². The molecule has 2 heteroatoms. The van der Waals surface area contributed by atoms with Crippen LogP contribution in [0.2, 0.25) is 0 Å². The second-order valence-electron chi connectivity index (χ2n) is 10.6. The highest BCUT2D eigenvalue weighted by molar-refractivity contribution is 6.03. The number of fused-ring (bicyclic) bond motifs is 3. The molecule has 2 nitrogen and oxygen atoms in total. The van der Waals surface area contributed by atoms with Crippen molar-refractivity contribution in [1.82, 2.24) is 4.90 Å². The molecule has 1 aliphatic carbocycles. The molecule has 0 fully saturated rings. The van der Waals surface area contributed by atoms with Crippen LogP contribution in [0.15, 0.2) is 158 Å². The van der Waals surface area contributed by atoms with Crippen molar-refractivity contribution in [2.75, 3.05) is 11.9 Å². The van der Waals surface area contributed by atoms with Crippen LogP contribution in [-0.4, -0.2) is 11.9 Å². The number of nitrogens with zero attached hydrogens (tertiary/aromatic N) is 2. The molecule has 0 N–H and O–H groups in total. The first-order valence-corrected chi connectivity index (χ1v) is 17.3. The molecule has 0 aromatic heterocycles. The first-order valence-electron chi connectivity index (χ1n) is 17.3. The summed E-state index contributed by atoms with van der Waals surface area (Å²) in [6, 6.07) is 11.2.